The summed E-state index contributed by atoms with van der Waals surface area (Å²) in [6, 6.07) is 11.0. The predicted octanol–water partition coefficient (Wildman–Crippen LogP) is 3.53. The molecule has 23 heavy (non-hydrogen) atoms. The topological polar surface area (TPSA) is 75.6 Å². The van der Waals surface area contributed by atoms with Crippen LogP contribution in [-0.2, 0) is 16.1 Å². The SMILES string of the molecule is O=C(NC(C(=O)O)c1ccc(Cl)c(F)c1)OCc1ccccc1. The van der Waals surface area contributed by atoms with Crippen LogP contribution in [0.3, 0.4) is 0 Å². The van der Waals surface area contributed by atoms with Crippen LogP contribution in [-0.4, -0.2) is 17.2 Å². The van der Waals surface area contributed by atoms with Crippen molar-refractivity contribution < 1.29 is 23.8 Å². The summed E-state index contributed by atoms with van der Waals surface area (Å²) in [6.45, 7) is -0.00596. The van der Waals surface area contributed by atoms with Gasteiger partial charge < -0.3 is 15.2 Å². The molecule has 1 unspecified atom stereocenters. The maximum absolute atomic E-state index is 13.4. The van der Waals surface area contributed by atoms with Gasteiger partial charge in [0.2, 0.25) is 0 Å². The normalized spacial score (nSPS) is 11.6. The number of carbonyl (C=O) groups is 2. The molecule has 1 atom stereocenters. The molecule has 0 fully saturated rings. The fourth-order valence-electron chi connectivity index (χ4n) is 1.86. The van der Waals surface area contributed by atoms with Gasteiger partial charge in [-0.05, 0) is 23.3 Å². The van der Waals surface area contributed by atoms with Crippen LogP contribution in [0.1, 0.15) is 17.2 Å². The predicted molar refractivity (Wildman–Crippen MR) is 81.5 cm³/mol. The molecule has 0 saturated heterocycles. The molecule has 1 amide bonds. The molecule has 2 aromatic carbocycles. The van der Waals surface area contributed by atoms with Crippen molar-refractivity contribution in [2.24, 2.45) is 0 Å². The minimum atomic E-state index is -1.44. The van der Waals surface area contributed by atoms with E-state index in [0.29, 0.717) is 0 Å². The van der Waals surface area contributed by atoms with E-state index in [9.17, 15) is 19.1 Å². The molecule has 2 rings (SSSR count). The van der Waals surface area contributed by atoms with Crippen molar-refractivity contribution in [3.63, 3.8) is 0 Å². The van der Waals surface area contributed by atoms with Crippen LogP contribution in [0.15, 0.2) is 48.5 Å². The summed E-state index contributed by atoms with van der Waals surface area (Å²) in [5, 5.41) is 11.2. The van der Waals surface area contributed by atoms with Crippen LogP contribution in [0, 0.1) is 5.82 Å². The van der Waals surface area contributed by atoms with Crippen LogP contribution in [0.25, 0.3) is 0 Å². The van der Waals surface area contributed by atoms with E-state index in [1.54, 1.807) is 24.3 Å². The van der Waals surface area contributed by atoms with Crippen LogP contribution in [0.2, 0.25) is 5.02 Å². The summed E-state index contributed by atoms with van der Waals surface area (Å²) in [7, 11) is 0. The van der Waals surface area contributed by atoms with Gasteiger partial charge in [-0.15, -0.1) is 0 Å². The molecule has 0 radical (unpaired) electrons. The van der Waals surface area contributed by atoms with Crippen LogP contribution in [0.4, 0.5) is 9.18 Å². The van der Waals surface area contributed by atoms with Crippen LogP contribution < -0.4 is 5.32 Å². The lowest BCUT2D eigenvalue weighted by Gasteiger charge is -2.15. The second-order valence-electron chi connectivity index (χ2n) is 4.65. The van der Waals surface area contributed by atoms with E-state index < -0.39 is 23.9 Å². The zero-order valence-electron chi connectivity index (χ0n) is 11.8. The molecule has 5 nitrogen and oxygen atoms in total. The van der Waals surface area contributed by atoms with E-state index in [-0.39, 0.29) is 17.2 Å². The fraction of sp³-hybridized carbons (Fsp3) is 0.125. The molecule has 0 saturated carbocycles. The van der Waals surface area contributed by atoms with Crippen LogP contribution in [0.5, 0.6) is 0 Å². The Balaban J connectivity index is 2.02. The highest BCUT2D eigenvalue weighted by Crippen LogP contribution is 2.20. The first-order valence-corrected chi connectivity index (χ1v) is 7.00. The van der Waals surface area contributed by atoms with Gasteiger partial charge >= 0.3 is 12.1 Å². The third kappa shape index (κ3) is 4.69. The number of hydrogen-bond donors (Lipinski definition) is 2. The highest BCUT2D eigenvalue weighted by Gasteiger charge is 2.23. The first-order chi connectivity index (χ1) is 11.0. The Bertz CT molecular complexity index is 708. The Labute approximate surface area is 136 Å². The van der Waals surface area contributed by atoms with Gasteiger partial charge in [-0.1, -0.05) is 48.0 Å². The van der Waals surface area contributed by atoms with Gasteiger partial charge in [0.15, 0.2) is 6.04 Å². The third-order valence-corrected chi connectivity index (χ3v) is 3.31. The smallest absolute Gasteiger partial charge is 0.408 e. The van der Waals surface area contributed by atoms with E-state index in [0.717, 1.165) is 11.6 Å². The number of aliphatic carboxylic acids is 1. The van der Waals surface area contributed by atoms with Crippen molar-refractivity contribution in [1.29, 1.82) is 0 Å². The van der Waals surface area contributed by atoms with Gasteiger partial charge in [-0.3, -0.25) is 0 Å². The van der Waals surface area contributed by atoms with E-state index in [1.807, 2.05) is 6.07 Å². The molecule has 0 heterocycles. The second kappa shape index (κ2) is 7.60. The molecule has 0 spiro atoms. The first-order valence-electron chi connectivity index (χ1n) is 6.62. The zero-order chi connectivity index (χ0) is 16.8. The molecule has 120 valence electrons. The minimum Gasteiger partial charge on any atom is -0.479 e. The summed E-state index contributed by atoms with van der Waals surface area (Å²) in [6.07, 6.45) is -0.920. The quantitative estimate of drug-likeness (QED) is 0.875. The molecule has 2 N–H and O–H groups in total. The number of ether oxygens (including phenoxy) is 1. The summed E-state index contributed by atoms with van der Waals surface area (Å²) in [4.78, 5) is 23.0. The van der Waals surface area contributed by atoms with Crippen molar-refractivity contribution in [2.45, 2.75) is 12.6 Å². The van der Waals surface area contributed by atoms with Crippen molar-refractivity contribution in [1.82, 2.24) is 5.32 Å². The van der Waals surface area contributed by atoms with E-state index in [2.05, 4.69) is 5.32 Å². The summed E-state index contributed by atoms with van der Waals surface area (Å²) >= 11 is 5.55. The molecular weight excluding hydrogens is 325 g/mol. The zero-order valence-corrected chi connectivity index (χ0v) is 12.6. The van der Waals surface area contributed by atoms with Gasteiger partial charge in [0.1, 0.15) is 12.4 Å². The summed E-state index contributed by atoms with van der Waals surface area (Å²) in [5.74, 6) is -2.11. The minimum absolute atomic E-state index is 0.00596. The lowest BCUT2D eigenvalue weighted by molar-refractivity contribution is -0.139. The third-order valence-electron chi connectivity index (χ3n) is 3.00. The number of benzene rings is 2. The number of amides is 1. The highest BCUT2D eigenvalue weighted by atomic mass is 35.5. The van der Waals surface area contributed by atoms with Gasteiger partial charge in [-0.2, -0.15) is 0 Å². The molecule has 0 aliphatic heterocycles. The molecule has 0 bridgehead atoms. The molecule has 2 aromatic rings. The molecule has 0 aromatic heterocycles. The molecule has 0 aliphatic rings. The van der Waals surface area contributed by atoms with Crippen LogP contribution >= 0.6 is 11.6 Å². The number of halogens is 2. The maximum Gasteiger partial charge on any atom is 0.408 e. The van der Waals surface area contributed by atoms with Crippen molar-refractivity contribution in [3.8, 4) is 0 Å². The van der Waals surface area contributed by atoms with E-state index in [1.165, 1.54) is 12.1 Å². The Morgan fingerprint density at radius 1 is 1.22 bits per heavy atom. The number of carboxylic acid groups (broad SMARTS) is 1. The van der Waals surface area contributed by atoms with E-state index >= 15 is 0 Å². The number of rotatable bonds is 5. The lowest BCUT2D eigenvalue weighted by atomic mass is 10.1. The summed E-state index contributed by atoms with van der Waals surface area (Å²) in [5.41, 5.74) is 0.808. The second-order valence-corrected chi connectivity index (χ2v) is 5.06. The van der Waals surface area contributed by atoms with Gasteiger partial charge in [0, 0.05) is 0 Å². The van der Waals surface area contributed by atoms with Crippen molar-refractivity contribution in [3.05, 3.63) is 70.5 Å². The first kappa shape index (κ1) is 16.8. The van der Waals surface area contributed by atoms with Gasteiger partial charge in [0.25, 0.3) is 0 Å². The highest BCUT2D eigenvalue weighted by molar-refractivity contribution is 6.30. The number of hydrogen-bond acceptors (Lipinski definition) is 3. The fourth-order valence-corrected chi connectivity index (χ4v) is 1.98. The van der Waals surface area contributed by atoms with Crippen molar-refractivity contribution >= 4 is 23.7 Å². The van der Waals surface area contributed by atoms with Gasteiger partial charge in [0.05, 0.1) is 5.02 Å². The molecule has 0 aliphatic carbocycles. The lowest BCUT2D eigenvalue weighted by Crippen LogP contribution is -2.34. The average Bonchev–Trinajstić information content (AvgIpc) is 2.54. The summed E-state index contributed by atoms with van der Waals surface area (Å²) < 4.78 is 18.4. The standard InChI is InChI=1S/C16H13ClFNO4/c17-12-7-6-11(8-13(12)18)14(15(20)21)19-16(22)23-9-10-4-2-1-3-5-10/h1-8,14H,9H2,(H,19,22)(H,20,21). The Kier molecular flexibility index (Phi) is 5.54. The van der Waals surface area contributed by atoms with E-state index in [4.69, 9.17) is 16.3 Å². The molecule has 7 heteroatoms. The Morgan fingerprint density at radius 3 is 2.52 bits per heavy atom. The monoisotopic (exact) mass is 337 g/mol. The number of carbonyl (C=O) groups excluding carboxylic acids is 1. The average molecular weight is 338 g/mol. The largest absolute Gasteiger partial charge is 0.479 e. The number of nitrogens with one attached hydrogen (secondary N) is 1. The maximum atomic E-state index is 13.4. The van der Waals surface area contributed by atoms with Gasteiger partial charge in [-0.25, -0.2) is 14.0 Å². The molecular formula is C16H13ClFNO4. The number of alkyl carbamates (subject to hydrolysis) is 1. The Hall–Kier alpha value is -2.60. The number of carboxylic acids is 1. The van der Waals surface area contributed by atoms with Crippen molar-refractivity contribution in [2.75, 3.05) is 0 Å². The Morgan fingerprint density at radius 2 is 1.91 bits per heavy atom.